The van der Waals surface area contributed by atoms with Gasteiger partial charge in [0.1, 0.15) is 5.60 Å². The lowest BCUT2D eigenvalue weighted by atomic mass is 9.79. The number of ether oxygens (including phenoxy) is 1. The Morgan fingerprint density at radius 1 is 0.857 bits per heavy atom. The fraction of sp³-hybridized carbons (Fsp3) is 0.708. The maximum Gasteiger partial charge on any atom is 0.194 e. The van der Waals surface area contributed by atoms with Crippen molar-refractivity contribution in [1.29, 1.82) is 0 Å². The summed E-state index contributed by atoms with van der Waals surface area (Å²) in [5.74, 6) is 0.192. The van der Waals surface area contributed by atoms with Gasteiger partial charge in [0.05, 0.1) is 0 Å². The van der Waals surface area contributed by atoms with E-state index in [1.165, 1.54) is 57.8 Å². The largest absolute Gasteiger partial charge is 0.367 e. The highest BCUT2D eigenvalue weighted by Gasteiger charge is 2.40. The number of halogens is 1. The average Bonchev–Trinajstić information content (AvgIpc) is 2.75. The Hall–Kier alpha value is -0.900. The van der Waals surface area contributed by atoms with Crippen molar-refractivity contribution < 1.29 is 9.53 Å². The molecule has 1 saturated carbocycles. The third kappa shape index (κ3) is 8.23. The van der Waals surface area contributed by atoms with Crippen molar-refractivity contribution in [3.05, 3.63) is 35.9 Å². The van der Waals surface area contributed by atoms with Gasteiger partial charge in [-0.2, -0.15) is 0 Å². The highest BCUT2D eigenvalue weighted by molar-refractivity contribution is 6.13. The molecule has 0 atom stereocenters. The molecule has 0 radical (unpaired) electrons. The van der Waals surface area contributed by atoms with Crippen LogP contribution < -0.4 is 4.84 Å². The first kappa shape index (κ1) is 23.4. The second kappa shape index (κ2) is 14.1. The summed E-state index contributed by atoms with van der Waals surface area (Å²) in [6.07, 6.45) is 16.4. The first-order valence-corrected chi connectivity index (χ1v) is 11.7. The number of rotatable bonds is 15. The van der Waals surface area contributed by atoms with E-state index in [0.29, 0.717) is 6.61 Å². The Morgan fingerprint density at radius 2 is 1.43 bits per heavy atom. The van der Waals surface area contributed by atoms with Gasteiger partial charge in [0, 0.05) is 18.7 Å². The minimum Gasteiger partial charge on any atom is -0.367 e. The van der Waals surface area contributed by atoms with Crippen molar-refractivity contribution in [3.63, 3.8) is 0 Å². The van der Waals surface area contributed by atoms with Crippen LogP contribution in [-0.2, 0) is 4.74 Å². The molecule has 4 heteroatoms. The number of Topliss-reactive ketones (excluding diaryl/α,β-unsaturated/α-hetero) is 1. The van der Waals surface area contributed by atoms with E-state index in [-0.39, 0.29) is 5.78 Å². The minimum atomic E-state index is -0.572. The van der Waals surface area contributed by atoms with Gasteiger partial charge in [-0.25, -0.2) is 4.84 Å². The Labute approximate surface area is 176 Å². The minimum absolute atomic E-state index is 0.192. The predicted octanol–water partition coefficient (Wildman–Crippen LogP) is 6.84. The molecular weight excluding hydrogens is 370 g/mol. The molecule has 2 rings (SSSR count). The summed E-state index contributed by atoms with van der Waals surface area (Å²) in [5.41, 5.74) is 0.226. The zero-order chi connectivity index (χ0) is 19.9. The summed E-state index contributed by atoms with van der Waals surface area (Å²) in [5, 5.41) is 0. The quantitative estimate of drug-likeness (QED) is 0.196. The number of unbranched alkanes of at least 4 members (excludes halogenated alkanes) is 8. The summed E-state index contributed by atoms with van der Waals surface area (Å²) in [6, 6.07) is 9.70. The first-order valence-electron chi connectivity index (χ1n) is 11.4. The number of ketones is 1. The topological polar surface area (TPSA) is 38.3 Å². The smallest absolute Gasteiger partial charge is 0.194 e. The molecule has 0 heterocycles. The average molecular weight is 408 g/mol. The molecule has 1 aliphatic carbocycles. The van der Waals surface area contributed by atoms with Crippen LogP contribution in [0.5, 0.6) is 0 Å². The molecule has 1 fully saturated rings. The molecule has 0 saturated heterocycles. The maximum absolute atomic E-state index is 13.1. The molecule has 0 bridgehead atoms. The summed E-state index contributed by atoms with van der Waals surface area (Å²) in [4.78, 5) is 15.8. The molecule has 158 valence electrons. The lowest BCUT2D eigenvalue weighted by Crippen LogP contribution is -2.43. The molecule has 0 amide bonds. The number of benzene rings is 1. The van der Waals surface area contributed by atoms with Gasteiger partial charge in [0.2, 0.25) is 0 Å². The molecule has 1 aromatic rings. The first-order chi connectivity index (χ1) is 13.8. The van der Waals surface area contributed by atoms with Crippen LogP contribution in [0.15, 0.2) is 30.3 Å². The molecule has 0 unspecified atom stereocenters. The number of carbonyl (C=O) groups is 1. The summed E-state index contributed by atoms with van der Waals surface area (Å²) in [6.45, 7) is 1.62. The van der Waals surface area contributed by atoms with Crippen molar-refractivity contribution >= 4 is 17.6 Å². The van der Waals surface area contributed by atoms with Crippen LogP contribution in [0.1, 0.15) is 100 Å². The zero-order valence-electron chi connectivity index (χ0n) is 17.4. The number of nitrogens with one attached hydrogen (secondary N) is 1. The predicted molar refractivity (Wildman–Crippen MR) is 118 cm³/mol. The van der Waals surface area contributed by atoms with Gasteiger partial charge in [0.15, 0.2) is 5.78 Å². The maximum atomic E-state index is 13.1. The Balaban J connectivity index is 1.62. The van der Waals surface area contributed by atoms with Crippen LogP contribution in [0.4, 0.5) is 0 Å². The third-order valence-corrected chi connectivity index (χ3v) is 6.09. The monoisotopic (exact) mass is 407 g/mol. The normalized spacial score (nSPS) is 16.2. The Kier molecular flexibility index (Phi) is 11.8. The zero-order valence-corrected chi connectivity index (χ0v) is 18.2. The van der Waals surface area contributed by atoms with Gasteiger partial charge < -0.3 is 4.74 Å². The summed E-state index contributed by atoms with van der Waals surface area (Å²) >= 11 is 5.45. The Bertz CT molecular complexity index is 529. The van der Waals surface area contributed by atoms with Crippen LogP contribution in [0.25, 0.3) is 0 Å². The van der Waals surface area contributed by atoms with E-state index in [1.54, 1.807) is 0 Å². The third-order valence-electron chi connectivity index (χ3n) is 5.90. The van der Waals surface area contributed by atoms with E-state index in [9.17, 15) is 4.79 Å². The number of carbonyl (C=O) groups excluding carboxylic acids is 1. The SMILES string of the molecule is O=C(c1ccccc1)C1(OCCCCCCCCCCCNCl)CCCCC1. The van der Waals surface area contributed by atoms with Crippen molar-refractivity contribution in [2.24, 2.45) is 0 Å². The van der Waals surface area contributed by atoms with Gasteiger partial charge in [-0.1, -0.05) is 94.5 Å². The van der Waals surface area contributed by atoms with Crippen LogP contribution in [0, 0.1) is 0 Å². The van der Waals surface area contributed by atoms with Crippen molar-refractivity contribution in [2.75, 3.05) is 13.2 Å². The van der Waals surface area contributed by atoms with E-state index in [0.717, 1.165) is 44.2 Å². The molecule has 0 aromatic heterocycles. The van der Waals surface area contributed by atoms with Crippen molar-refractivity contribution in [1.82, 2.24) is 4.84 Å². The highest BCUT2D eigenvalue weighted by atomic mass is 35.5. The molecule has 0 spiro atoms. The van der Waals surface area contributed by atoms with Gasteiger partial charge in [-0.3, -0.25) is 4.79 Å². The summed E-state index contributed by atoms with van der Waals surface area (Å²) in [7, 11) is 0. The van der Waals surface area contributed by atoms with Crippen LogP contribution in [0.2, 0.25) is 0 Å². The fourth-order valence-corrected chi connectivity index (χ4v) is 4.34. The lowest BCUT2D eigenvalue weighted by Gasteiger charge is -2.36. The molecule has 3 nitrogen and oxygen atoms in total. The molecule has 1 aliphatic rings. The van der Waals surface area contributed by atoms with Crippen molar-refractivity contribution in [2.45, 2.75) is 95.5 Å². The summed E-state index contributed by atoms with van der Waals surface area (Å²) < 4.78 is 6.30. The van der Waals surface area contributed by atoms with Crippen molar-refractivity contribution in [3.8, 4) is 0 Å². The van der Waals surface area contributed by atoms with Crippen LogP contribution in [-0.4, -0.2) is 24.5 Å². The van der Waals surface area contributed by atoms with Gasteiger partial charge >= 0.3 is 0 Å². The van der Waals surface area contributed by atoms with E-state index in [4.69, 9.17) is 16.5 Å². The van der Waals surface area contributed by atoms with Gasteiger partial charge in [0.25, 0.3) is 0 Å². The van der Waals surface area contributed by atoms with E-state index >= 15 is 0 Å². The molecule has 1 aromatic carbocycles. The highest BCUT2D eigenvalue weighted by Crippen LogP contribution is 2.35. The van der Waals surface area contributed by atoms with Gasteiger partial charge in [-0.15, -0.1) is 0 Å². The molecule has 28 heavy (non-hydrogen) atoms. The second-order valence-corrected chi connectivity index (χ2v) is 8.43. The van der Waals surface area contributed by atoms with Gasteiger partial charge in [-0.05, 0) is 37.5 Å². The standard InChI is InChI=1S/C24H38ClNO2/c25-26-20-14-6-4-2-1-3-5-7-15-21-28-24(18-12-9-13-19-24)23(27)22-16-10-8-11-17-22/h8,10-11,16-17,26H,1-7,9,12-15,18-21H2. The lowest BCUT2D eigenvalue weighted by molar-refractivity contribution is -0.0474. The molecule has 1 N–H and O–H groups in total. The van der Waals surface area contributed by atoms with E-state index < -0.39 is 5.60 Å². The van der Waals surface area contributed by atoms with E-state index in [2.05, 4.69) is 4.84 Å². The van der Waals surface area contributed by atoms with Crippen LogP contribution in [0.3, 0.4) is 0 Å². The number of hydrogen-bond donors (Lipinski definition) is 1. The number of hydrogen-bond acceptors (Lipinski definition) is 3. The Morgan fingerprint density at radius 3 is 2.04 bits per heavy atom. The van der Waals surface area contributed by atoms with Crippen LogP contribution >= 0.6 is 11.8 Å². The second-order valence-electron chi connectivity index (χ2n) is 8.16. The van der Waals surface area contributed by atoms with E-state index in [1.807, 2.05) is 30.3 Å². The molecular formula is C24H38ClNO2. The molecule has 0 aliphatic heterocycles. The fourth-order valence-electron chi connectivity index (χ4n) is 4.21.